The van der Waals surface area contributed by atoms with E-state index in [9.17, 15) is 4.79 Å². The molecule has 0 aliphatic carbocycles. The molecule has 0 heterocycles. The molecule has 0 saturated carbocycles. The molecule has 0 aliphatic rings. The molecule has 0 atom stereocenters. The van der Waals surface area contributed by atoms with E-state index < -0.39 is 0 Å². The molecule has 0 radical (unpaired) electrons. The Hall–Kier alpha value is -0.910. The molecule has 0 spiro atoms. The van der Waals surface area contributed by atoms with Crippen molar-refractivity contribution in [1.82, 2.24) is 9.80 Å². The van der Waals surface area contributed by atoms with Crippen molar-refractivity contribution in [3.8, 4) is 0 Å². The number of aliphatic hydroxyl groups is 2. The highest BCUT2D eigenvalue weighted by atomic mass is 16.3. The third-order valence-corrected chi connectivity index (χ3v) is 7.70. The van der Waals surface area contributed by atoms with Crippen molar-refractivity contribution in [2.24, 2.45) is 0 Å². The molecule has 0 aliphatic heterocycles. The van der Waals surface area contributed by atoms with Crippen LogP contribution in [0.4, 0.5) is 0 Å². The van der Waals surface area contributed by atoms with Crippen LogP contribution in [0.3, 0.4) is 0 Å². The van der Waals surface area contributed by atoms with Crippen molar-refractivity contribution in [3.63, 3.8) is 0 Å². The maximum atomic E-state index is 12.0. The normalized spacial score (nSPS) is 11.3. The quantitative estimate of drug-likeness (QED) is 0.0654. The molecule has 0 aromatic heterocycles. The predicted octanol–water partition coefficient (Wildman–Crippen LogP) is 9.31. The predicted molar refractivity (Wildman–Crippen MR) is 181 cm³/mol. The van der Waals surface area contributed by atoms with Gasteiger partial charge >= 0.3 is 0 Å². The van der Waals surface area contributed by atoms with Gasteiger partial charge in [-0.2, -0.15) is 0 Å². The maximum Gasteiger partial charge on any atom is 0.222 e. The molecular weight excluding hydrogens is 508 g/mol. The molecule has 41 heavy (non-hydrogen) atoms. The molecule has 5 nitrogen and oxygen atoms in total. The van der Waals surface area contributed by atoms with Crippen LogP contribution < -0.4 is 0 Å². The minimum Gasteiger partial charge on any atom is -0.395 e. The second kappa shape index (κ2) is 37.1. The zero-order valence-electron chi connectivity index (χ0n) is 28.4. The number of rotatable bonds is 30. The summed E-state index contributed by atoms with van der Waals surface area (Å²) in [6, 6.07) is 0. The van der Waals surface area contributed by atoms with Crippen LogP contribution >= 0.6 is 0 Å². The number of carbonyl (C=O) groups is 1. The van der Waals surface area contributed by atoms with E-state index in [1.165, 1.54) is 141 Å². The number of aliphatic hydroxyl groups excluding tert-OH is 2. The van der Waals surface area contributed by atoms with E-state index in [2.05, 4.69) is 45.0 Å². The lowest BCUT2D eigenvalue weighted by Crippen LogP contribution is -2.35. The summed E-state index contributed by atoms with van der Waals surface area (Å²) in [5.41, 5.74) is 0. The van der Waals surface area contributed by atoms with E-state index >= 15 is 0 Å². The van der Waals surface area contributed by atoms with Crippen molar-refractivity contribution in [2.75, 3.05) is 46.9 Å². The zero-order valence-corrected chi connectivity index (χ0v) is 28.4. The van der Waals surface area contributed by atoms with Crippen molar-refractivity contribution >= 4 is 5.91 Å². The first kappa shape index (κ1) is 42.2. The minimum atomic E-state index is -0.0435. The van der Waals surface area contributed by atoms with Crippen molar-refractivity contribution in [2.45, 2.75) is 168 Å². The van der Waals surface area contributed by atoms with Crippen LogP contribution in [0.1, 0.15) is 168 Å². The van der Waals surface area contributed by atoms with Crippen LogP contribution in [0.25, 0.3) is 0 Å². The lowest BCUT2D eigenvalue weighted by atomic mass is 10.1. The maximum absolute atomic E-state index is 12.0. The lowest BCUT2D eigenvalue weighted by molar-refractivity contribution is -0.132. The summed E-state index contributed by atoms with van der Waals surface area (Å²) in [7, 11) is 4.32. The second-order valence-electron chi connectivity index (χ2n) is 12.1. The van der Waals surface area contributed by atoms with Crippen LogP contribution in [0.5, 0.6) is 0 Å². The average molecular weight is 583 g/mol. The third-order valence-electron chi connectivity index (χ3n) is 7.70. The summed E-state index contributed by atoms with van der Waals surface area (Å²) in [4.78, 5) is 15.8. The molecule has 246 valence electrons. The van der Waals surface area contributed by atoms with Gasteiger partial charge in [0.05, 0.1) is 13.2 Å². The zero-order chi connectivity index (χ0) is 30.7. The number of hydrogen-bond acceptors (Lipinski definition) is 4. The fourth-order valence-electron chi connectivity index (χ4n) is 5.02. The summed E-state index contributed by atoms with van der Waals surface area (Å²) in [5, 5.41) is 17.9. The van der Waals surface area contributed by atoms with Gasteiger partial charge < -0.3 is 20.0 Å². The Morgan fingerprint density at radius 1 is 0.512 bits per heavy atom. The third kappa shape index (κ3) is 37.1. The minimum absolute atomic E-state index is 0.0435. The highest BCUT2D eigenvalue weighted by Crippen LogP contribution is 2.12. The molecule has 0 saturated heterocycles. The Morgan fingerprint density at radius 3 is 1.27 bits per heavy atom. The lowest BCUT2D eigenvalue weighted by Gasteiger charge is -2.20. The van der Waals surface area contributed by atoms with E-state index in [0.29, 0.717) is 19.5 Å². The molecule has 0 aromatic carbocycles. The fraction of sp³-hybridized carbons (Fsp3) is 0.917. The van der Waals surface area contributed by atoms with Gasteiger partial charge in [-0.25, -0.2) is 0 Å². The van der Waals surface area contributed by atoms with Gasteiger partial charge in [0, 0.05) is 19.5 Å². The molecule has 1 amide bonds. The van der Waals surface area contributed by atoms with Gasteiger partial charge in [-0.05, 0) is 59.2 Å². The van der Waals surface area contributed by atoms with Crippen LogP contribution in [-0.4, -0.2) is 72.9 Å². The Morgan fingerprint density at radius 2 is 0.878 bits per heavy atom. The van der Waals surface area contributed by atoms with Gasteiger partial charge in [0.2, 0.25) is 5.91 Å². The number of hydrogen-bond donors (Lipinski definition) is 2. The van der Waals surface area contributed by atoms with Gasteiger partial charge in [-0.15, -0.1) is 0 Å². The molecule has 0 fully saturated rings. The summed E-state index contributed by atoms with van der Waals surface area (Å²) >= 11 is 0. The first-order chi connectivity index (χ1) is 20.0. The highest BCUT2D eigenvalue weighted by Gasteiger charge is 2.11. The Kier molecular flexibility index (Phi) is 38.2. The van der Waals surface area contributed by atoms with Crippen LogP contribution in [-0.2, 0) is 4.79 Å². The molecule has 2 N–H and O–H groups in total. The number of amides is 1. The summed E-state index contributed by atoms with van der Waals surface area (Å²) < 4.78 is 0. The number of allylic oxidation sites excluding steroid dienone is 2. The molecule has 0 bridgehead atoms. The summed E-state index contributed by atoms with van der Waals surface area (Å²) in [5.74, 6) is 0.0470. The van der Waals surface area contributed by atoms with Gasteiger partial charge in [0.15, 0.2) is 0 Å². The molecular formula is C36H74N2O3. The average Bonchev–Trinajstić information content (AvgIpc) is 2.96. The summed E-state index contributed by atoms with van der Waals surface area (Å²) in [6.45, 7) is 6.36. The van der Waals surface area contributed by atoms with Crippen molar-refractivity contribution in [3.05, 3.63) is 12.2 Å². The van der Waals surface area contributed by atoms with E-state index in [4.69, 9.17) is 10.2 Å². The highest BCUT2D eigenvalue weighted by molar-refractivity contribution is 5.76. The van der Waals surface area contributed by atoms with Gasteiger partial charge in [-0.3, -0.25) is 4.79 Å². The first-order valence-electron chi connectivity index (χ1n) is 17.8. The van der Waals surface area contributed by atoms with Crippen LogP contribution in [0, 0.1) is 0 Å². The Labute approximate surface area is 257 Å². The van der Waals surface area contributed by atoms with E-state index in [1.54, 1.807) is 4.90 Å². The van der Waals surface area contributed by atoms with Crippen molar-refractivity contribution in [1.29, 1.82) is 0 Å². The van der Waals surface area contributed by atoms with Gasteiger partial charge in [-0.1, -0.05) is 135 Å². The van der Waals surface area contributed by atoms with Crippen LogP contribution in [0.2, 0.25) is 0 Å². The first-order valence-corrected chi connectivity index (χ1v) is 17.8. The monoisotopic (exact) mass is 583 g/mol. The smallest absolute Gasteiger partial charge is 0.222 e. The van der Waals surface area contributed by atoms with E-state index in [0.717, 1.165) is 12.8 Å². The Balaban J connectivity index is 0. The topological polar surface area (TPSA) is 64.0 Å². The largest absolute Gasteiger partial charge is 0.395 e. The van der Waals surface area contributed by atoms with Crippen molar-refractivity contribution < 1.29 is 15.0 Å². The summed E-state index contributed by atoms with van der Waals surface area (Å²) in [6.07, 6.45) is 35.8. The fourth-order valence-corrected chi connectivity index (χ4v) is 5.02. The number of carbonyl (C=O) groups excluding carboxylic acids is 1. The molecule has 5 heteroatoms. The molecule has 0 aromatic rings. The number of nitrogens with zero attached hydrogens (tertiary/aromatic N) is 2. The second-order valence-corrected chi connectivity index (χ2v) is 12.1. The SMILES string of the molecule is CCCCCCCC/C=C/CCCCCCCC(=O)N(CCO)CCO.CCCCCCCCCCCCN(C)C. The van der Waals surface area contributed by atoms with Gasteiger partial charge in [0.1, 0.15) is 0 Å². The number of unbranched alkanes of at least 4 members (excludes halogenated alkanes) is 20. The molecule has 0 rings (SSSR count). The van der Waals surface area contributed by atoms with E-state index in [-0.39, 0.29) is 19.1 Å². The van der Waals surface area contributed by atoms with E-state index in [1.807, 2.05) is 0 Å². The Bertz CT molecular complexity index is 519. The molecule has 0 unspecified atom stereocenters. The van der Waals surface area contributed by atoms with Gasteiger partial charge in [0.25, 0.3) is 0 Å². The standard InChI is InChI=1S/C22H43NO3.C14H31N/c1-2-3-4-5-6-7-8-9-10-11-12-13-14-15-16-17-22(26)23(18-20-24)19-21-25;1-4-5-6-7-8-9-10-11-12-13-14-15(2)3/h9-10,24-25H,2-8,11-21H2,1H3;4-14H2,1-3H3/b10-9+;. The van der Waals surface area contributed by atoms with Crippen LogP contribution in [0.15, 0.2) is 12.2 Å².